The summed E-state index contributed by atoms with van der Waals surface area (Å²) in [6.45, 7) is 4.08. The summed E-state index contributed by atoms with van der Waals surface area (Å²) in [5.41, 5.74) is 3.19. The number of ketones is 1. The monoisotopic (exact) mass is 340 g/mol. The number of thiophene rings is 1. The number of hydrogen-bond acceptors (Lipinski definition) is 4. The van der Waals surface area contributed by atoms with E-state index in [-0.39, 0.29) is 18.3 Å². The summed E-state index contributed by atoms with van der Waals surface area (Å²) in [4.78, 5) is 26.1. The van der Waals surface area contributed by atoms with Gasteiger partial charge in [-0.3, -0.25) is 9.59 Å². The van der Waals surface area contributed by atoms with E-state index >= 15 is 0 Å². The summed E-state index contributed by atoms with van der Waals surface area (Å²) in [5.74, 6) is -1.47. The third kappa shape index (κ3) is 3.34. The molecule has 0 fully saturated rings. The molecule has 0 spiro atoms. The van der Waals surface area contributed by atoms with Gasteiger partial charge in [0.15, 0.2) is 5.78 Å². The molecule has 0 unspecified atom stereocenters. The molecule has 24 heavy (non-hydrogen) atoms. The Kier molecular flexibility index (Phi) is 4.95. The van der Waals surface area contributed by atoms with Gasteiger partial charge in [-0.15, -0.1) is 11.3 Å². The average Bonchev–Trinajstić information content (AvgIpc) is 3.08. The molecular formula is C20H20O3S. The Labute approximate surface area is 146 Å². The molecule has 0 bridgehead atoms. The van der Waals surface area contributed by atoms with Gasteiger partial charge in [0.25, 0.3) is 0 Å². The van der Waals surface area contributed by atoms with Crippen molar-refractivity contribution < 1.29 is 14.3 Å². The summed E-state index contributed by atoms with van der Waals surface area (Å²) >= 11 is 1.58. The molecule has 1 aliphatic rings. The molecule has 4 heteroatoms. The fourth-order valence-electron chi connectivity index (χ4n) is 3.20. The number of carbonyl (C=O) groups is 2. The zero-order valence-electron chi connectivity index (χ0n) is 13.8. The summed E-state index contributed by atoms with van der Waals surface area (Å²) in [6, 6.07) is 12.1. The molecule has 3 rings (SSSR count). The molecular weight excluding hydrogens is 320 g/mol. The highest BCUT2D eigenvalue weighted by molar-refractivity contribution is 7.10. The van der Waals surface area contributed by atoms with Gasteiger partial charge in [-0.2, -0.15) is 0 Å². The van der Waals surface area contributed by atoms with E-state index in [1.54, 1.807) is 24.3 Å². The van der Waals surface area contributed by atoms with Crippen LogP contribution in [0.1, 0.15) is 35.3 Å². The van der Waals surface area contributed by atoms with Gasteiger partial charge < -0.3 is 4.74 Å². The smallest absolute Gasteiger partial charge is 0.317 e. The van der Waals surface area contributed by atoms with E-state index in [0.29, 0.717) is 6.42 Å². The highest BCUT2D eigenvalue weighted by Crippen LogP contribution is 2.41. The largest absolute Gasteiger partial charge is 0.465 e. The van der Waals surface area contributed by atoms with Crippen molar-refractivity contribution in [2.45, 2.75) is 26.2 Å². The normalized spacial score (nSPS) is 20.6. The maximum Gasteiger partial charge on any atom is 0.317 e. The number of rotatable bonds is 4. The second kappa shape index (κ2) is 7.14. The lowest BCUT2D eigenvalue weighted by Gasteiger charge is -2.28. The van der Waals surface area contributed by atoms with Gasteiger partial charge in [0.05, 0.1) is 6.61 Å². The lowest BCUT2D eigenvalue weighted by Crippen LogP contribution is -2.33. The molecule has 124 valence electrons. The van der Waals surface area contributed by atoms with Gasteiger partial charge in [0.2, 0.25) is 0 Å². The minimum atomic E-state index is -0.739. The van der Waals surface area contributed by atoms with Crippen LogP contribution in [0.4, 0.5) is 0 Å². The Morgan fingerprint density at radius 2 is 2.12 bits per heavy atom. The second-order valence-electron chi connectivity index (χ2n) is 6.00. The van der Waals surface area contributed by atoms with Crippen molar-refractivity contribution in [2.24, 2.45) is 5.92 Å². The molecule has 1 aromatic heterocycles. The van der Waals surface area contributed by atoms with Crippen LogP contribution in [0.25, 0.3) is 5.57 Å². The summed E-state index contributed by atoms with van der Waals surface area (Å²) in [5, 5.41) is 1.98. The number of carbonyl (C=O) groups excluding carboxylic acids is 2. The van der Waals surface area contributed by atoms with Crippen LogP contribution in [0, 0.1) is 12.8 Å². The predicted octanol–water partition coefficient (Wildman–Crippen LogP) is 4.38. The second-order valence-corrected chi connectivity index (χ2v) is 6.98. The number of benzene rings is 1. The number of esters is 1. The standard InChI is InChI=1S/C20H20O3S/c1-3-23-20(22)19-16(18-8-5-9-24-18)11-15(12-17(19)21)14-7-4-6-13(2)10-14/h4-10,12,16,19H,3,11H2,1-2H3/t16-,19+/m0/s1. The van der Waals surface area contributed by atoms with E-state index in [0.717, 1.165) is 21.6 Å². The third-order valence-electron chi connectivity index (χ3n) is 4.30. The predicted molar refractivity (Wildman–Crippen MR) is 96.0 cm³/mol. The first-order chi connectivity index (χ1) is 11.6. The first kappa shape index (κ1) is 16.7. The molecule has 0 amide bonds. The lowest BCUT2D eigenvalue weighted by atomic mass is 9.76. The zero-order valence-corrected chi connectivity index (χ0v) is 14.6. The molecule has 0 N–H and O–H groups in total. The summed E-state index contributed by atoms with van der Waals surface area (Å²) in [7, 11) is 0. The molecule has 1 aliphatic carbocycles. The molecule has 0 radical (unpaired) electrons. The number of hydrogen-bond donors (Lipinski definition) is 0. The van der Waals surface area contributed by atoms with E-state index in [1.807, 2.05) is 42.6 Å². The zero-order chi connectivity index (χ0) is 17.1. The molecule has 1 heterocycles. The van der Waals surface area contributed by atoms with Crippen molar-refractivity contribution in [3.05, 3.63) is 63.9 Å². The van der Waals surface area contributed by atoms with Crippen LogP contribution >= 0.6 is 11.3 Å². The van der Waals surface area contributed by atoms with Crippen LogP contribution < -0.4 is 0 Å². The fraction of sp³-hybridized carbons (Fsp3) is 0.300. The van der Waals surface area contributed by atoms with E-state index in [1.165, 1.54) is 0 Å². The molecule has 0 aliphatic heterocycles. The van der Waals surface area contributed by atoms with Gasteiger partial charge in [-0.05, 0) is 48.9 Å². The minimum absolute atomic E-state index is 0.155. The van der Waals surface area contributed by atoms with Crippen molar-refractivity contribution in [2.75, 3.05) is 6.61 Å². The van der Waals surface area contributed by atoms with Gasteiger partial charge in [-0.1, -0.05) is 35.9 Å². The maximum absolute atomic E-state index is 12.7. The molecule has 1 aromatic carbocycles. The Morgan fingerprint density at radius 3 is 2.79 bits per heavy atom. The lowest BCUT2D eigenvalue weighted by molar-refractivity contribution is -0.151. The Morgan fingerprint density at radius 1 is 1.29 bits per heavy atom. The Balaban J connectivity index is 2.00. The number of aryl methyl sites for hydroxylation is 1. The van der Waals surface area contributed by atoms with Gasteiger partial charge in [-0.25, -0.2) is 0 Å². The van der Waals surface area contributed by atoms with Crippen LogP contribution in [-0.4, -0.2) is 18.4 Å². The summed E-state index contributed by atoms with van der Waals surface area (Å²) in [6.07, 6.45) is 2.29. The molecule has 0 saturated heterocycles. The van der Waals surface area contributed by atoms with E-state index in [2.05, 4.69) is 6.07 Å². The molecule has 2 atom stereocenters. The average molecular weight is 340 g/mol. The quantitative estimate of drug-likeness (QED) is 0.613. The SMILES string of the molecule is CCOC(=O)[C@H]1C(=O)C=C(c2cccc(C)c2)C[C@H]1c1cccs1. The van der Waals surface area contributed by atoms with Gasteiger partial charge >= 0.3 is 5.97 Å². The van der Waals surface area contributed by atoms with Gasteiger partial charge in [0.1, 0.15) is 5.92 Å². The van der Waals surface area contributed by atoms with Crippen molar-refractivity contribution in [1.82, 2.24) is 0 Å². The molecule has 3 nitrogen and oxygen atoms in total. The van der Waals surface area contributed by atoms with E-state index < -0.39 is 11.9 Å². The van der Waals surface area contributed by atoms with Crippen LogP contribution in [0.2, 0.25) is 0 Å². The summed E-state index contributed by atoms with van der Waals surface area (Å²) < 4.78 is 5.16. The van der Waals surface area contributed by atoms with Crippen LogP contribution in [-0.2, 0) is 14.3 Å². The molecule has 0 saturated carbocycles. The third-order valence-corrected chi connectivity index (χ3v) is 5.31. The fourth-order valence-corrected chi connectivity index (χ4v) is 4.06. The van der Waals surface area contributed by atoms with Crippen LogP contribution in [0.15, 0.2) is 47.9 Å². The van der Waals surface area contributed by atoms with Gasteiger partial charge in [0, 0.05) is 10.8 Å². The Hall–Kier alpha value is -2.20. The van der Waals surface area contributed by atoms with E-state index in [9.17, 15) is 9.59 Å². The molecule has 2 aromatic rings. The first-order valence-electron chi connectivity index (χ1n) is 8.11. The van der Waals surface area contributed by atoms with E-state index in [4.69, 9.17) is 4.74 Å². The number of ether oxygens (including phenoxy) is 1. The van der Waals surface area contributed by atoms with Crippen molar-refractivity contribution in [3.8, 4) is 0 Å². The van der Waals surface area contributed by atoms with Crippen molar-refractivity contribution >= 4 is 28.7 Å². The van der Waals surface area contributed by atoms with Crippen molar-refractivity contribution in [1.29, 1.82) is 0 Å². The topological polar surface area (TPSA) is 43.4 Å². The highest BCUT2D eigenvalue weighted by Gasteiger charge is 2.40. The Bertz CT molecular complexity index is 774. The number of allylic oxidation sites excluding steroid dienone is 2. The first-order valence-corrected chi connectivity index (χ1v) is 8.99. The minimum Gasteiger partial charge on any atom is -0.465 e. The van der Waals surface area contributed by atoms with Crippen LogP contribution in [0.5, 0.6) is 0 Å². The highest BCUT2D eigenvalue weighted by atomic mass is 32.1. The van der Waals surface area contributed by atoms with Crippen LogP contribution in [0.3, 0.4) is 0 Å². The van der Waals surface area contributed by atoms with Crippen molar-refractivity contribution in [3.63, 3.8) is 0 Å². The maximum atomic E-state index is 12.7.